The fraction of sp³-hybridized carbons (Fsp3) is 0.350. The molecule has 0 atom stereocenters. The Labute approximate surface area is 171 Å². The molecule has 0 saturated carbocycles. The number of thiophene rings is 1. The first kappa shape index (κ1) is 19.2. The highest BCUT2D eigenvalue weighted by Gasteiger charge is 2.23. The molecule has 1 aliphatic heterocycles. The van der Waals surface area contributed by atoms with Crippen molar-refractivity contribution in [3.63, 3.8) is 0 Å². The lowest BCUT2D eigenvalue weighted by atomic mass is 10.0. The molecular formula is C20H21N3O3S2. The first-order chi connectivity index (χ1) is 13.7. The number of anilines is 1. The molecule has 0 fully saturated rings. The number of carbonyl (C=O) groups is 1. The molecule has 1 aromatic carbocycles. The molecule has 0 radical (unpaired) electrons. The summed E-state index contributed by atoms with van der Waals surface area (Å²) in [6, 6.07) is 9.90. The summed E-state index contributed by atoms with van der Waals surface area (Å²) in [7, 11) is 1.60. The number of methoxy groups -OCH3 is 1. The predicted octanol–water partition coefficient (Wildman–Crippen LogP) is 3.18. The standard InChI is InChI=1S/C20H21N3O3S2/c1-26-11-10-23-19(25)18-15(8-12-27-18)21-20(23)28-13-17(24)22-9-4-6-14-5-2-3-7-16(14)22/h2-3,5,7-8,12H,4,6,9-11,13H2,1H3. The monoisotopic (exact) mass is 415 g/mol. The molecule has 1 amide bonds. The van der Waals surface area contributed by atoms with Crippen LogP contribution in [-0.4, -0.2) is 41.5 Å². The fourth-order valence-corrected chi connectivity index (χ4v) is 5.09. The number of nitrogens with zero attached hydrogens (tertiary/aromatic N) is 3. The average Bonchev–Trinajstić information content (AvgIpc) is 3.20. The van der Waals surface area contributed by atoms with Crippen molar-refractivity contribution in [1.82, 2.24) is 9.55 Å². The number of para-hydroxylation sites is 1. The summed E-state index contributed by atoms with van der Waals surface area (Å²) in [6.07, 6.45) is 1.96. The zero-order chi connectivity index (χ0) is 19.5. The van der Waals surface area contributed by atoms with Crippen molar-refractivity contribution in [2.75, 3.05) is 30.9 Å². The Balaban J connectivity index is 1.57. The van der Waals surface area contributed by atoms with Crippen molar-refractivity contribution in [2.24, 2.45) is 0 Å². The van der Waals surface area contributed by atoms with Gasteiger partial charge in [-0.2, -0.15) is 0 Å². The van der Waals surface area contributed by atoms with Gasteiger partial charge in [-0.15, -0.1) is 11.3 Å². The molecule has 4 rings (SSSR count). The summed E-state index contributed by atoms with van der Waals surface area (Å²) in [6.45, 7) is 1.56. The average molecular weight is 416 g/mol. The van der Waals surface area contributed by atoms with Gasteiger partial charge < -0.3 is 9.64 Å². The van der Waals surface area contributed by atoms with E-state index in [4.69, 9.17) is 4.74 Å². The Hall–Kier alpha value is -2.16. The largest absolute Gasteiger partial charge is 0.383 e. The molecule has 3 aromatic rings. The van der Waals surface area contributed by atoms with Crippen LogP contribution in [0.25, 0.3) is 10.2 Å². The van der Waals surface area contributed by atoms with E-state index in [-0.39, 0.29) is 17.2 Å². The van der Waals surface area contributed by atoms with Gasteiger partial charge in [0.25, 0.3) is 5.56 Å². The highest BCUT2D eigenvalue weighted by Crippen LogP contribution is 2.28. The van der Waals surface area contributed by atoms with E-state index in [0.717, 1.165) is 25.1 Å². The number of thioether (sulfide) groups is 1. The number of hydrogen-bond donors (Lipinski definition) is 0. The minimum absolute atomic E-state index is 0.0371. The van der Waals surface area contributed by atoms with Gasteiger partial charge in [0.05, 0.1) is 24.4 Å². The van der Waals surface area contributed by atoms with E-state index in [9.17, 15) is 9.59 Å². The molecule has 2 aromatic heterocycles. The lowest BCUT2D eigenvalue weighted by molar-refractivity contribution is -0.116. The van der Waals surface area contributed by atoms with Crippen molar-refractivity contribution < 1.29 is 9.53 Å². The Kier molecular flexibility index (Phi) is 5.79. The molecule has 3 heterocycles. The number of carbonyl (C=O) groups excluding carboxylic acids is 1. The van der Waals surface area contributed by atoms with E-state index < -0.39 is 0 Å². The Morgan fingerprint density at radius 2 is 2.18 bits per heavy atom. The SMILES string of the molecule is COCCn1c(SCC(=O)N2CCCc3ccccc32)nc2ccsc2c1=O. The minimum Gasteiger partial charge on any atom is -0.383 e. The maximum atomic E-state index is 12.9. The summed E-state index contributed by atoms with van der Waals surface area (Å²) in [5, 5.41) is 2.43. The van der Waals surface area contributed by atoms with Crippen molar-refractivity contribution >= 4 is 44.9 Å². The summed E-state index contributed by atoms with van der Waals surface area (Å²) < 4.78 is 7.39. The first-order valence-corrected chi connectivity index (χ1v) is 11.0. The van der Waals surface area contributed by atoms with Crippen LogP contribution >= 0.6 is 23.1 Å². The van der Waals surface area contributed by atoms with E-state index in [1.54, 1.807) is 11.7 Å². The second kappa shape index (κ2) is 8.46. The number of hydrogen-bond acceptors (Lipinski definition) is 6. The summed E-state index contributed by atoms with van der Waals surface area (Å²) in [4.78, 5) is 32.2. The maximum Gasteiger partial charge on any atom is 0.272 e. The molecule has 146 valence electrons. The Morgan fingerprint density at radius 1 is 1.32 bits per heavy atom. The van der Waals surface area contributed by atoms with Gasteiger partial charge in [-0.3, -0.25) is 14.2 Å². The van der Waals surface area contributed by atoms with E-state index >= 15 is 0 Å². The van der Waals surface area contributed by atoms with E-state index in [0.29, 0.717) is 28.5 Å². The van der Waals surface area contributed by atoms with Crippen LogP contribution in [0.2, 0.25) is 0 Å². The number of fused-ring (bicyclic) bond motifs is 2. The Bertz CT molecular complexity index is 1060. The van der Waals surface area contributed by atoms with Crippen LogP contribution in [-0.2, 0) is 22.5 Å². The van der Waals surface area contributed by atoms with E-state index in [2.05, 4.69) is 11.1 Å². The smallest absolute Gasteiger partial charge is 0.272 e. The van der Waals surface area contributed by atoms with Crippen molar-refractivity contribution in [3.05, 3.63) is 51.6 Å². The molecule has 6 nitrogen and oxygen atoms in total. The number of rotatable bonds is 6. The zero-order valence-corrected chi connectivity index (χ0v) is 17.2. The van der Waals surface area contributed by atoms with Crippen LogP contribution in [0.5, 0.6) is 0 Å². The van der Waals surface area contributed by atoms with Gasteiger partial charge in [0.2, 0.25) is 5.91 Å². The number of amides is 1. The van der Waals surface area contributed by atoms with Crippen LogP contribution in [0.3, 0.4) is 0 Å². The van der Waals surface area contributed by atoms with E-state index in [1.807, 2.05) is 34.5 Å². The van der Waals surface area contributed by atoms with Gasteiger partial charge >= 0.3 is 0 Å². The predicted molar refractivity (Wildman–Crippen MR) is 114 cm³/mol. The topological polar surface area (TPSA) is 64.4 Å². The van der Waals surface area contributed by atoms with E-state index in [1.165, 1.54) is 28.7 Å². The summed E-state index contributed by atoms with van der Waals surface area (Å²) in [5.74, 6) is 0.277. The molecular weight excluding hydrogens is 394 g/mol. The van der Waals surface area contributed by atoms with Gasteiger partial charge in [-0.1, -0.05) is 30.0 Å². The normalized spacial score (nSPS) is 13.7. The van der Waals surface area contributed by atoms with Crippen LogP contribution in [0, 0.1) is 0 Å². The lowest BCUT2D eigenvalue weighted by Crippen LogP contribution is -2.36. The minimum atomic E-state index is -0.0738. The second-order valence-electron chi connectivity index (χ2n) is 6.55. The first-order valence-electron chi connectivity index (χ1n) is 9.17. The molecule has 8 heteroatoms. The molecule has 0 bridgehead atoms. The van der Waals surface area contributed by atoms with Gasteiger partial charge in [0, 0.05) is 19.3 Å². The maximum absolute atomic E-state index is 12.9. The van der Waals surface area contributed by atoms with Crippen LogP contribution < -0.4 is 10.5 Å². The number of aromatic nitrogens is 2. The molecule has 0 spiro atoms. The lowest BCUT2D eigenvalue weighted by Gasteiger charge is -2.29. The second-order valence-corrected chi connectivity index (χ2v) is 8.40. The third kappa shape index (κ3) is 3.72. The molecule has 1 aliphatic rings. The molecule has 0 N–H and O–H groups in total. The quantitative estimate of drug-likeness (QED) is 0.457. The molecule has 28 heavy (non-hydrogen) atoms. The number of benzene rings is 1. The van der Waals surface area contributed by atoms with Crippen molar-refractivity contribution in [3.8, 4) is 0 Å². The van der Waals surface area contributed by atoms with Crippen LogP contribution in [0.4, 0.5) is 5.69 Å². The third-order valence-electron chi connectivity index (χ3n) is 4.79. The Morgan fingerprint density at radius 3 is 3.04 bits per heavy atom. The van der Waals surface area contributed by atoms with Crippen molar-refractivity contribution in [2.45, 2.75) is 24.5 Å². The van der Waals surface area contributed by atoms with Gasteiger partial charge in [0.1, 0.15) is 4.70 Å². The van der Waals surface area contributed by atoms with Gasteiger partial charge in [0.15, 0.2) is 5.16 Å². The zero-order valence-electron chi connectivity index (χ0n) is 15.6. The molecule has 0 unspecified atom stereocenters. The van der Waals surface area contributed by atoms with Crippen LogP contribution in [0.1, 0.15) is 12.0 Å². The van der Waals surface area contributed by atoms with Crippen molar-refractivity contribution in [1.29, 1.82) is 0 Å². The summed E-state index contributed by atoms with van der Waals surface area (Å²) in [5.41, 5.74) is 2.82. The number of ether oxygens (including phenoxy) is 1. The van der Waals surface area contributed by atoms with Gasteiger partial charge in [-0.05, 0) is 35.9 Å². The third-order valence-corrected chi connectivity index (χ3v) is 6.64. The van der Waals surface area contributed by atoms with Gasteiger partial charge in [-0.25, -0.2) is 4.98 Å². The highest BCUT2D eigenvalue weighted by molar-refractivity contribution is 7.99. The highest BCUT2D eigenvalue weighted by atomic mass is 32.2. The summed E-state index contributed by atoms with van der Waals surface area (Å²) >= 11 is 2.70. The fourth-order valence-electron chi connectivity index (χ4n) is 3.41. The molecule has 0 aliphatic carbocycles. The molecule has 0 saturated heterocycles. The van der Waals surface area contributed by atoms with Crippen LogP contribution in [0.15, 0.2) is 45.7 Å². The number of aryl methyl sites for hydroxylation is 1.